The lowest BCUT2D eigenvalue weighted by atomic mass is 9.88. The van der Waals surface area contributed by atoms with Gasteiger partial charge in [-0.25, -0.2) is 9.37 Å². The average Bonchev–Trinajstić information content (AvgIpc) is 3.39. The molecule has 1 amide bonds. The number of benzene rings is 1. The summed E-state index contributed by atoms with van der Waals surface area (Å²) >= 11 is 0. The molecule has 1 saturated heterocycles. The van der Waals surface area contributed by atoms with Gasteiger partial charge in [0.25, 0.3) is 0 Å². The largest absolute Gasteiger partial charge is 0.369 e. The number of aryl methyl sites for hydroxylation is 1. The second kappa shape index (κ2) is 8.62. The minimum atomic E-state index is -0.558. The van der Waals surface area contributed by atoms with Gasteiger partial charge in [-0.1, -0.05) is 12.2 Å². The van der Waals surface area contributed by atoms with Crippen LogP contribution in [-0.4, -0.2) is 60.0 Å². The highest BCUT2D eigenvalue weighted by Crippen LogP contribution is 2.44. The molecule has 2 aliphatic carbocycles. The SMILES string of the molecule is Cc1cc(Nc2ncc(F)c(NC3C(C(N)=O)[C@@H]4C=C[C@H]3C4)n2)ccc1N1CCN(C)CC1. The number of aromatic nitrogens is 2. The number of allylic oxidation sites excluding steroid dienone is 1. The molecule has 4 atom stereocenters. The van der Waals surface area contributed by atoms with E-state index in [2.05, 4.69) is 62.6 Å². The van der Waals surface area contributed by atoms with Gasteiger partial charge in [-0.15, -0.1) is 0 Å². The third kappa shape index (κ3) is 4.25. The van der Waals surface area contributed by atoms with Crippen molar-refractivity contribution >= 4 is 29.0 Å². The Kier molecular flexibility index (Phi) is 5.65. The van der Waals surface area contributed by atoms with Crippen LogP contribution in [0.3, 0.4) is 0 Å². The molecule has 4 N–H and O–H groups in total. The first-order valence-corrected chi connectivity index (χ1v) is 11.5. The summed E-state index contributed by atoms with van der Waals surface area (Å²) in [6.45, 7) is 6.20. The zero-order valence-electron chi connectivity index (χ0n) is 19.0. The monoisotopic (exact) mass is 451 g/mol. The van der Waals surface area contributed by atoms with Crippen molar-refractivity contribution < 1.29 is 9.18 Å². The normalized spacial score (nSPS) is 26.6. The molecule has 33 heavy (non-hydrogen) atoms. The van der Waals surface area contributed by atoms with Crippen molar-refractivity contribution in [3.8, 4) is 0 Å². The lowest BCUT2D eigenvalue weighted by molar-refractivity contribution is -0.122. The molecular formula is C24H30FN7O. The lowest BCUT2D eigenvalue weighted by Gasteiger charge is -2.35. The number of piperazine rings is 1. The number of primary amides is 1. The van der Waals surface area contributed by atoms with Crippen LogP contribution >= 0.6 is 0 Å². The highest BCUT2D eigenvalue weighted by atomic mass is 19.1. The van der Waals surface area contributed by atoms with E-state index < -0.39 is 5.82 Å². The quantitative estimate of drug-likeness (QED) is 0.581. The Morgan fingerprint density at radius 3 is 2.67 bits per heavy atom. The van der Waals surface area contributed by atoms with Crippen LogP contribution in [0.15, 0.2) is 36.5 Å². The van der Waals surface area contributed by atoms with Crippen LogP contribution in [0.5, 0.6) is 0 Å². The van der Waals surface area contributed by atoms with E-state index in [0.717, 1.165) is 50.0 Å². The Hall–Kier alpha value is -3.20. The van der Waals surface area contributed by atoms with Gasteiger partial charge in [0.15, 0.2) is 11.6 Å². The Balaban J connectivity index is 1.31. The minimum absolute atomic E-state index is 0.0791. The summed E-state index contributed by atoms with van der Waals surface area (Å²) in [5.74, 6) is -0.673. The van der Waals surface area contributed by atoms with Gasteiger partial charge in [0.1, 0.15) is 0 Å². The van der Waals surface area contributed by atoms with Crippen molar-refractivity contribution in [1.29, 1.82) is 0 Å². The summed E-state index contributed by atoms with van der Waals surface area (Å²) in [5.41, 5.74) is 8.84. The zero-order chi connectivity index (χ0) is 23.1. The smallest absolute Gasteiger partial charge is 0.229 e. The summed E-state index contributed by atoms with van der Waals surface area (Å²) in [7, 11) is 2.14. The van der Waals surface area contributed by atoms with E-state index in [1.54, 1.807) is 0 Å². The van der Waals surface area contributed by atoms with Gasteiger partial charge < -0.3 is 26.2 Å². The molecule has 0 spiro atoms. The molecule has 1 saturated carbocycles. The van der Waals surface area contributed by atoms with Crippen LogP contribution in [0.2, 0.25) is 0 Å². The molecule has 0 radical (unpaired) electrons. The maximum atomic E-state index is 14.5. The van der Waals surface area contributed by atoms with Gasteiger partial charge in [0.05, 0.1) is 12.1 Å². The maximum absolute atomic E-state index is 14.5. The Labute approximate surface area is 193 Å². The third-order valence-corrected chi connectivity index (χ3v) is 7.13. The highest BCUT2D eigenvalue weighted by molar-refractivity contribution is 5.79. The molecular weight excluding hydrogens is 421 g/mol. The zero-order valence-corrected chi connectivity index (χ0v) is 19.0. The molecule has 2 aromatic rings. The number of anilines is 4. The molecule has 2 bridgehead atoms. The van der Waals surface area contributed by atoms with Crippen molar-refractivity contribution in [2.75, 3.05) is 48.8 Å². The van der Waals surface area contributed by atoms with Gasteiger partial charge in [-0.3, -0.25) is 4.79 Å². The fourth-order valence-corrected chi connectivity index (χ4v) is 5.36. The predicted octanol–water partition coefficient (Wildman–Crippen LogP) is 2.51. The summed E-state index contributed by atoms with van der Waals surface area (Å²) in [6.07, 6.45) is 6.11. The number of rotatable bonds is 6. The molecule has 2 unspecified atom stereocenters. The fourth-order valence-electron chi connectivity index (χ4n) is 5.36. The maximum Gasteiger partial charge on any atom is 0.229 e. The highest BCUT2D eigenvalue weighted by Gasteiger charge is 2.47. The van der Waals surface area contributed by atoms with E-state index in [-0.39, 0.29) is 35.5 Å². The van der Waals surface area contributed by atoms with Crippen molar-refractivity contribution in [3.63, 3.8) is 0 Å². The number of halogens is 1. The first-order chi connectivity index (χ1) is 15.9. The van der Waals surface area contributed by atoms with Gasteiger partial charge in [-0.2, -0.15) is 4.98 Å². The van der Waals surface area contributed by atoms with Gasteiger partial charge in [0.2, 0.25) is 11.9 Å². The molecule has 2 fully saturated rings. The van der Waals surface area contributed by atoms with Crippen molar-refractivity contribution in [3.05, 3.63) is 47.9 Å². The third-order valence-electron chi connectivity index (χ3n) is 7.13. The second-order valence-corrected chi connectivity index (χ2v) is 9.35. The van der Waals surface area contributed by atoms with Crippen LogP contribution in [-0.2, 0) is 4.79 Å². The number of nitrogens with zero attached hydrogens (tertiary/aromatic N) is 4. The molecule has 9 heteroatoms. The van der Waals surface area contributed by atoms with Crippen molar-refractivity contribution in [1.82, 2.24) is 14.9 Å². The first kappa shape index (κ1) is 21.6. The number of hydrogen-bond donors (Lipinski definition) is 3. The number of amides is 1. The molecule has 8 nitrogen and oxygen atoms in total. The van der Waals surface area contributed by atoms with Gasteiger partial charge in [0, 0.05) is 43.6 Å². The number of carbonyl (C=O) groups excluding carboxylic acids is 1. The van der Waals surface area contributed by atoms with Crippen LogP contribution in [0.4, 0.5) is 27.5 Å². The molecule has 174 valence electrons. The molecule has 3 aliphatic rings. The van der Waals surface area contributed by atoms with Gasteiger partial charge >= 0.3 is 0 Å². The minimum Gasteiger partial charge on any atom is -0.369 e. The number of carbonyl (C=O) groups is 1. The Morgan fingerprint density at radius 2 is 1.94 bits per heavy atom. The van der Waals surface area contributed by atoms with E-state index in [1.165, 1.54) is 5.69 Å². The number of nitrogens with one attached hydrogen (secondary N) is 2. The van der Waals surface area contributed by atoms with E-state index in [4.69, 9.17) is 5.73 Å². The number of nitrogens with two attached hydrogens (primary N) is 1. The van der Waals surface area contributed by atoms with Crippen molar-refractivity contribution in [2.45, 2.75) is 19.4 Å². The number of hydrogen-bond acceptors (Lipinski definition) is 7. The molecule has 1 aromatic heterocycles. The molecule has 1 aromatic carbocycles. The summed E-state index contributed by atoms with van der Waals surface area (Å²) < 4.78 is 14.5. The average molecular weight is 452 g/mol. The number of likely N-dealkylation sites (N-methyl/N-ethyl adjacent to an activating group) is 1. The van der Waals surface area contributed by atoms with E-state index >= 15 is 0 Å². The summed E-state index contributed by atoms with van der Waals surface area (Å²) in [5, 5.41) is 6.32. The fraction of sp³-hybridized carbons (Fsp3) is 0.458. The van der Waals surface area contributed by atoms with E-state index in [9.17, 15) is 9.18 Å². The number of fused-ring (bicyclic) bond motifs is 2. The second-order valence-electron chi connectivity index (χ2n) is 9.35. The first-order valence-electron chi connectivity index (χ1n) is 11.5. The molecule has 1 aliphatic heterocycles. The Morgan fingerprint density at radius 1 is 1.18 bits per heavy atom. The predicted molar refractivity (Wildman–Crippen MR) is 127 cm³/mol. The summed E-state index contributed by atoms with van der Waals surface area (Å²) in [6, 6.07) is 5.88. The van der Waals surface area contributed by atoms with E-state index in [1.807, 2.05) is 12.1 Å². The topological polar surface area (TPSA) is 99.4 Å². The van der Waals surface area contributed by atoms with Crippen LogP contribution in [0.25, 0.3) is 0 Å². The van der Waals surface area contributed by atoms with Crippen LogP contribution in [0, 0.1) is 30.5 Å². The van der Waals surface area contributed by atoms with Crippen molar-refractivity contribution in [2.24, 2.45) is 23.5 Å². The van der Waals surface area contributed by atoms with Gasteiger partial charge in [-0.05, 0) is 56.0 Å². The van der Waals surface area contributed by atoms with Crippen LogP contribution in [0.1, 0.15) is 12.0 Å². The molecule has 5 rings (SSSR count). The lowest BCUT2D eigenvalue weighted by Crippen LogP contribution is -2.44. The Bertz CT molecular complexity index is 1080. The van der Waals surface area contributed by atoms with Crippen LogP contribution < -0.4 is 21.3 Å². The summed E-state index contributed by atoms with van der Waals surface area (Å²) in [4.78, 5) is 25.2. The molecule has 2 heterocycles. The van der Waals surface area contributed by atoms with E-state index in [0.29, 0.717) is 5.95 Å². The standard InChI is InChI=1S/C24H30FN7O/c1-14-11-17(5-6-19(14)32-9-7-31(2)8-10-32)28-24-27-13-18(25)23(30-24)29-21-16-4-3-15(12-16)20(21)22(26)33/h3-6,11,13,15-16,20-21H,7-10,12H2,1-2H3,(H2,26,33)(H2,27,28,29,30)/t15-,16+,20?,21?/m1/s1.